The Balaban J connectivity index is 1.48. The number of nitrogens with one attached hydrogen (secondary N) is 1. The molecule has 9 heteroatoms. The number of benzene rings is 1. The molecule has 3 aromatic heterocycles. The van der Waals surface area contributed by atoms with E-state index in [9.17, 15) is 9.18 Å². The van der Waals surface area contributed by atoms with Crippen molar-refractivity contribution in [2.45, 2.75) is 46.1 Å². The van der Waals surface area contributed by atoms with Crippen LogP contribution >= 0.6 is 0 Å². The molecule has 8 nitrogen and oxygen atoms in total. The predicted octanol–water partition coefficient (Wildman–Crippen LogP) is 3.72. The SMILES string of the molecule is Cc1cc(C)n2ncc(C(=O)Nc3cc(-c4nnc5n4CCCCC5)ccc3F)c2n1. The van der Waals surface area contributed by atoms with Crippen molar-refractivity contribution < 1.29 is 9.18 Å². The number of nitrogens with zero attached hydrogens (tertiary/aromatic N) is 6. The van der Waals surface area contributed by atoms with Crippen LogP contribution in [0, 0.1) is 19.7 Å². The fraction of sp³-hybridized carbons (Fsp3) is 0.318. The van der Waals surface area contributed by atoms with Crippen molar-refractivity contribution in [2.24, 2.45) is 0 Å². The number of hydrogen-bond donors (Lipinski definition) is 1. The number of aryl methyl sites for hydroxylation is 3. The van der Waals surface area contributed by atoms with E-state index in [0.29, 0.717) is 17.0 Å². The lowest BCUT2D eigenvalue weighted by molar-refractivity contribution is 0.102. The fourth-order valence-corrected chi connectivity index (χ4v) is 4.08. The van der Waals surface area contributed by atoms with E-state index in [0.717, 1.165) is 49.4 Å². The summed E-state index contributed by atoms with van der Waals surface area (Å²) in [6.07, 6.45) is 5.64. The van der Waals surface area contributed by atoms with Crippen LogP contribution < -0.4 is 5.32 Å². The van der Waals surface area contributed by atoms with Crippen LogP contribution in [-0.4, -0.2) is 35.3 Å². The van der Waals surface area contributed by atoms with Crippen LogP contribution in [0.3, 0.4) is 0 Å². The second-order valence-electron chi connectivity index (χ2n) is 7.88. The van der Waals surface area contributed by atoms with Crippen LogP contribution in [0.15, 0.2) is 30.5 Å². The molecule has 1 N–H and O–H groups in total. The molecule has 158 valence electrons. The molecule has 0 unspecified atom stereocenters. The number of aromatic nitrogens is 6. The van der Waals surface area contributed by atoms with E-state index in [4.69, 9.17) is 0 Å². The third kappa shape index (κ3) is 3.45. The molecule has 31 heavy (non-hydrogen) atoms. The van der Waals surface area contributed by atoms with Gasteiger partial charge in [0.15, 0.2) is 11.5 Å². The molecule has 0 saturated carbocycles. The van der Waals surface area contributed by atoms with E-state index in [1.165, 1.54) is 12.3 Å². The Kier molecular flexibility index (Phi) is 4.72. The van der Waals surface area contributed by atoms with Crippen LogP contribution in [-0.2, 0) is 13.0 Å². The molecule has 0 saturated heterocycles. The third-order valence-corrected chi connectivity index (χ3v) is 5.60. The van der Waals surface area contributed by atoms with Gasteiger partial charge in [-0.3, -0.25) is 4.79 Å². The summed E-state index contributed by atoms with van der Waals surface area (Å²) in [5, 5.41) is 15.5. The van der Waals surface area contributed by atoms with Crippen LogP contribution in [0.2, 0.25) is 0 Å². The zero-order chi connectivity index (χ0) is 21.5. The minimum absolute atomic E-state index is 0.0807. The Morgan fingerprint density at radius 2 is 2.00 bits per heavy atom. The van der Waals surface area contributed by atoms with Crippen LogP contribution in [0.4, 0.5) is 10.1 Å². The highest BCUT2D eigenvalue weighted by atomic mass is 19.1. The zero-order valence-electron chi connectivity index (χ0n) is 17.4. The average molecular weight is 419 g/mol. The third-order valence-electron chi connectivity index (χ3n) is 5.60. The summed E-state index contributed by atoms with van der Waals surface area (Å²) in [5.41, 5.74) is 3.16. The van der Waals surface area contributed by atoms with E-state index in [-0.39, 0.29) is 11.3 Å². The first-order valence-electron chi connectivity index (χ1n) is 10.4. The molecule has 1 aliphatic heterocycles. The van der Waals surface area contributed by atoms with Gasteiger partial charge in [-0.15, -0.1) is 10.2 Å². The monoisotopic (exact) mass is 419 g/mol. The standard InChI is InChI=1S/C22H22FN7O/c1-13-10-14(2)30-21(25-13)16(12-24-30)22(31)26-18-11-15(7-8-17(18)23)20-28-27-19-6-4-3-5-9-29(19)20/h7-8,10-12H,3-6,9H2,1-2H3,(H,26,31). The molecule has 0 spiro atoms. The van der Waals surface area contributed by atoms with E-state index < -0.39 is 11.7 Å². The fourth-order valence-electron chi connectivity index (χ4n) is 4.08. The molecule has 1 aromatic carbocycles. The van der Waals surface area contributed by atoms with Crippen LogP contribution in [0.25, 0.3) is 17.0 Å². The summed E-state index contributed by atoms with van der Waals surface area (Å²) < 4.78 is 18.3. The number of hydrogen-bond acceptors (Lipinski definition) is 5. The molecule has 4 aromatic rings. The normalized spacial score (nSPS) is 13.8. The van der Waals surface area contributed by atoms with Gasteiger partial charge < -0.3 is 9.88 Å². The van der Waals surface area contributed by atoms with Crippen LogP contribution in [0.1, 0.15) is 46.8 Å². The maximum absolute atomic E-state index is 14.6. The van der Waals surface area contributed by atoms with E-state index in [1.54, 1.807) is 16.6 Å². The lowest BCUT2D eigenvalue weighted by Crippen LogP contribution is -2.14. The number of rotatable bonds is 3. The second-order valence-corrected chi connectivity index (χ2v) is 7.88. The van der Waals surface area contributed by atoms with Crippen molar-refractivity contribution in [2.75, 3.05) is 5.32 Å². The average Bonchev–Trinajstić information content (AvgIpc) is 3.27. The van der Waals surface area contributed by atoms with Gasteiger partial charge in [0.1, 0.15) is 17.2 Å². The molecular formula is C22H22FN7O. The predicted molar refractivity (Wildman–Crippen MR) is 113 cm³/mol. The summed E-state index contributed by atoms with van der Waals surface area (Å²) in [6.45, 7) is 4.58. The zero-order valence-corrected chi connectivity index (χ0v) is 17.4. The number of halogens is 1. The van der Waals surface area contributed by atoms with Crippen molar-refractivity contribution >= 4 is 17.2 Å². The van der Waals surface area contributed by atoms with Gasteiger partial charge in [-0.05, 0) is 51.0 Å². The van der Waals surface area contributed by atoms with Gasteiger partial charge in [-0.25, -0.2) is 13.9 Å². The van der Waals surface area contributed by atoms with E-state index in [1.807, 2.05) is 19.9 Å². The van der Waals surface area contributed by atoms with Crippen molar-refractivity contribution in [3.05, 3.63) is 59.1 Å². The smallest absolute Gasteiger partial charge is 0.261 e. The Hall–Kier alpha value is -3.62. The summed E-state index contributed by atoms with van der Waals surface area (Å²) in [7, 11) is 0. The summed E-state index contributed by atoms with van der Waals surface area (Å²) in [4.78, 5) is 17.4. The Morgan fingerprint density at radius 3 is 2.87 bits per heavy atom. The molecule has 5 rings (SSSR count). The first kappa shape index (κ1) is 19.3. The highest BCUT2D eigenvalue weighted by molar-refractivity contribution is 6.08. The number of carbonyl (C=O) groups is 1. The van der Waals surface area contributed by atoms with Crippen molar-refractivity contribution in [3.8, 4) is 11.4 Å². The maximum atomic E-state index is 14.6. The van der Waals surface area contributed by atoms with Crippen LogP contribution in [0.5, 0.6) is 0 Å². The first-order valence-corrected chi connectivity index (χ1v) is 10.4. The number of fused-ring (bicyclic) bond motifs is 2. The lowest BCUT2D eigenvalue weighted by Gasteiger charge is -2.10. The molecule has 0 radical (unpaired) electrons. The number of amides is 1. The quantitative estimate of drug-likeness (QED) is 0.547. The second kappa shape index (κ2) is 7.57. The van der Waals surface area contributed by atoms with Gasteiger partial charge in [0.05, 0.1) is 11.9 Å². The molecule has 0 atom stereocenters. The number of anilines is 1. The largest absolute Gasteiger partial charge is 0.319 e. The lowest BCUT2D eigenvalue weighted by atomic mass is 10.1. The minimum Gasteiger partial charge on any atom is -0.319 e. The van der Waals surface area contributed by atoms with Gasteiger partial charge >= 0.3 is 0 Å². The van der Waals surface area contributed by atoms with Crippen molar-refractivity contribution in [1.29, 1.82) is 0 Å². The minimum atomic E-state index is -0.524. The van der Waals surface area contributed by atoms with Gasteiger partial charge in [0, 0.05) is 29.9 Å². The first-order chi connectivity index (χ1) is 15.0. The molecule has 0 aliphatic carbocycles. The summed E-state index contributed by atoms with van der Waals surface area (Å²) in [5.74, 6) is 0.648. The van der Waals surface area contributed by atoms with Gasteiger partial charge in [-0.1, -0.05) is 6.42 Å². The topological polar surface area (TPSA) is 90.0 Å². The van der Waals surface area contributed by atoms with E-state index in [2.05, 4.69) is 30.2 Å². The molecule has 0 fully saturated rings. The summed E-state index contributed by atoms with van der Waals surface area (Å²) in [6, 6.07) is 6.49. The molecular weight excluding hydrogens is 397 g/mol. The Labute approximate surface area is 178 Å². The van der Waals surface area contributed by atoms with Gasteiger partial charge in [-0.2, -0.15) is 5.10 Å². The molecule has 1 amide bonds. The van der Waals surface area contributed by atoms with Gasteiger partial charge in [0.25, 0.3) is 5.91 Å². The van der Waals surface area contributed by atoms with Gasteiger partial charge in [0.2, 0.25) is 0 Å². The van der Waals surface area contributed by atoms with Crippen molar-refractivity contribution in [1.82, 2.24) is 29.4 Å². The Morgan fingerprint density at radius 1 is 1.13 bits per heavy atom. The number of carbonyl (C=O) groups excluding carboxylic acids is 1. The Bertz CT molecular complexity index is 1310. The highest BCUT2D eigenvalue weighted by Gasteiger charge is 2.20. The molecule has 1 aliphatic rings. The van der Waals surface area contributed by atoms with E-state index >= 15 is 0 Å². The maximum Gasteiger partial charge on any atom is 0.261 e. The summed E-state index contributed by atoms with van der Waals surface area (Å²) >= 11 is 0. The molecule has 0 bridgehead atoms. The highest BCUT2D eigenvalue weighted by Crippen LogP contribution is 2.27. The molecule has 4 heterocycles. The van der Waals surface area contributed by atoms with Crippen molar-refractivity contribution in [3.63, 3.8) is 0 Å².